The van der Waals surface area contributed by atoms with Crippen molar-refractivity contribution >= 4 is 5.97 Å². The van der Waals surface area contributed by atoms with E-state index >= 15 is 0 Å². The van der Waals surface area contributed by atoms with Crippen molar-refractivity contribution in [1.29, 1.82) is 0 Å². The van der Waals surface area contributed by atoms with E-state index in [0.29, 0.717) is 12.2 Å². The van der Waals surface area contributed by atoms with Gasteiger partial charge in [0.2, 0.25) is 0 Å². The Morgan fingerprint density at radius 1 is 1.55 bits per heavy atom. The Bertz CT molecular complexity index is 443. The number of carbonyl (C=O) groups is 1. The molecular formula is C15H19FO4. The molecule has 2 rings (SSSR count). The van der Waals surface area contributed by atoms with Gasteiger partial charge in [0.15, 0.2) is 6.10 Å². The van der Waals surface area contributed by atoms with Crippen LogP contribution in [0.4, 0.5) is 4.39 Å². The molecule has 0 aromatic heterocycles. The lowest BCUT2D eigenvalue weighted by Gasteiger charge is -2.15. The van der Waals surface area contributed by atoms with Crippen molar-refractivity contribution in [3.8, 4) is 0 Å². The second kappa shape index (κ2) is 7.36. The molecular weight excluding hydrogens is 263 g/mol. The predicted molar refractivity (Wildman–Crippen MR) is 70.6 cm³/mol. The molecule has 110 valence electrons. The van der Waals surface area contributed by atoms with E-state index in [1.54, 1.807) is 19.1 Å². The van der Waals surface area contributed by atoms with E-state index in [4.69, 9.17) is 14.2 Å². The minimum atomic E-state index is -0.646. The number of hydrogen-bond donors (Lipinski definition) is 0. The summed E-state index contributed by atoms with van der Waals surface area (Å²) in [7, 11) is 0. The summed E-state index contributed by atoms with van der Waals surface area (Å²) in [4.78, 5) is 11.7. The molecule has 0 N–H and O–H groups in total. The van der Waals surface area contributed by atoms with Gasteiger partial charge in [-0.15, -0.1) is 0 Å². The van der Waals surface area contributed by atoms with Crippen LogP contribution in [-0.2, 0) is 25.6 Å². The average Bonchev–Trinajstić information content (AvgIpc) is 2.95. The lowest BCUT2D eigenvalue weighted by Crippen LogP contribution is -2.27. The molecule has 4 nitrogen and oxygen atoms in total. The molecule has 1 fully saturated rings. The summed E-state index contributed by atoms with van der Waals surface area (Å²) in [6.45, 7) is 2.84. The highest BCUT2D eigenvalue weighted by Gasteiger charge is 2.20. The van der Waals surface area contributed by atoms with E-state index in [0.717, 1.165) is 19.4 Å². The van der Waals surface area contributed by atoms with Gasteiger partial charge in [-0.25, -0.2) is 9.18 Å². The van der Waals surface area contributed by atoms with Gasteiger partial charge in [0, 0.05) is 6.61 Å². The number of carbonyl (C=O) groups excluding carboxylic acids is 1. The highest BCUT2D eigenvalue weighted by molar-refractivity contribution is 5.74. The normalized spacial score (nSPS) is 19.8. The van der Waals surface area contributed by atoms with Crippen LogP contribution in [0.25, 0.3) is 0 Å². The van der Waals surface area contributed by atoms with Crippen molar-refractivity contribution in [1.82, 2.24) is 0 Å². The van der Waals surface area contributed by atoms with Gasteiger partial charge < -0.3 is 14.2 Å². The van der Waals surface area contributed by atoms with E-state index in [2.05, 4.69) is 0 Å². The summed E-state index contributed by atoms with van der Waals surface area (Å²) in [5.41, 5.74) is 0.615. The fourth-order valence-electron chi connectivity index (χ4n) is 1.99. The predicted octanol–water partition coefficient (Wildman–Crippen LogP) is 2.45. The first kappa shape index (κ1) is 14.9. The summed E-state index contributed by atoms with van der Waals surface area (Å²) < 4.78 is 28.9. The van der Waals surface area contributed by atoms with Crippen LogP contribution < -0.4 is 0 Å². The Labute approximate surface area is 117 Å². The SMILES string of the molecule is CC(OCC1CCCO1)C(=O)OCc1cccc(F)c1. The van der Waals surface area contributed by atoms with Crippen LogP contribution in [0.2, 0.25) is 0 Å². The fourth-order valence-corrected chi connectivity index (χ4v) is 1.99. The maximum Gasteiger partial charge on any atom is 0.335 e. The van der Waals surface area contributed by atoms with Crippen LogP contribution in [0.15, 0.2) is 24.3 Å². The van der Waals surface area contributed by atoms with Crippen LogP contribution in [0.1, 0.15) is 25.3 Å². The largest absolute Gasteiger partial charge is 0.459 e. The van der Waals surface area contributed by atoms with Gasteiger partial charge in [-0.1, -0.05) is 12.1 Å². The Hall–Kier alpha value is -1.46. The Morgan fingerprint density at radius 3 is 3.10 bits per heavy atom. The topological polar surface area (TPSA) is 44.8 Å². The van der Waals surface area contributed by atoms with Gasteiger partial charge in [0.1, 0.15) is 12.4 Å². The van der Waals surface area contributed by atoms with Crippen LogP contribution >= 0.6 is 0 Å². The average molecular weight is 282 g/mol. The van der Waals surface area contributed by atoms with Gasteiger partial charge in [0.25, 0.3) is 0 Å². The number of benzene rings is 1. The molecule has 1 aliphatic heterocycles. The molecule has 2 unspecified atom stereocenters. The second-order valence-electron chi connectivity index (χ2n) is 4.85. The number of ether oxygens (including phenoxy) is 3. The number of esters is 1. The van der Waals surface area contributed by atoms with Crippen LogP contribution in [0.3, 0.4) is 0 Å². The molecule has 0 radical (unpaired) electrons. The zero-order chi connectivity index (χ0) is 14.4. The first-order valence-electron chi connectivity index (χ1n) is 6.79. The zero-order valence-corrected chi connectivity index (χ0v) is 11.5. The van der Waals surface area contributed by atoms with Crippen molar-refractivity contribution in [3.63, 3.8) is 0 Å². The van der Waals surface area contributed by atoms with E-state index in [1.165, 1.54) is 12.1 Å². The van der Waals surface area contributed by atoms with Gasteiger partial charge >= 0.3 is 5.97 Å². The molecule has 0 bridgehead atoms. The molecule has 0 spiro atoms. The minimum Gasteiger partial charge on any atom is -0.459 e. The molecule has 0 aliphatic carbocycles. The third kappa shape index (κ3) is 4.58. The first-order valence-corrected chi connectivity index (χ1v) is 6.79. The monoisotopic (exact) mass is 282 g/mol. The van der Waals surface area contributed by atoms with Gasteiger partial charge in [-0.05, 0) is 37.5 Å². The Balaban J connectivity index is 1.70. The van der Waals surface area contributed by atoms with Gasteiger partial charge in [-0.2, -0.15) is 0 Å². The quantitative estimate of drug-likeness (QED) is 0.752. The smallest absolute Gasteiger partial charge is 0.335 e. The van der Waals surface area contributed by atoms with E-state index < -0.39 is 12.1 Å². The molecule has 1 aromatic rings. The molecule has 0 amide bonds. The van der Waals surface area contributed by atoms with Crippen molar-refractivity contribution in [2.75, 3.05) is 13.2 Å². The molecule has 1 aliphatic rings. The lowest BCUT2D eigenvalue weighted by molar-refractivity contribution is -0.159. The summed E-state index contributed by atoms with van der Waals surface area (Å²) in [6, 6.07) is 5.97. The van der Waals surface area contributed by atoms with E-state index in [-0.39, 0.29) is 18.5 Å². The van der Waals surface area contributed by atoms with Gasteiger partial charge in [-0.3, -0.25) is 0 Å². The zero-order valence-electron chi connectivity index (χ0n) is 11.5. The Morgan fingerprint density at radius 2 is 2.40 bits per heavy atom. The van der Waals surface area contributed by atoms with Crippen molar-refractivity contribution in [2.45, 2.75) is 38.6 Å². The van der Waals surface area contributed by atoms with Crippen LogP contribution in [-0.4, -0.2) is 31.4 Å². The number of rotatable bonds is 6. The highest BCUT2D eigenvalue weighted by Crippen LogP contribution is 2.13. The maximum absolute atomic E-state index is 13.0. The fraction of sp³-hybridized carbons (Fsp3) is 0.533. The van der Waals surface area contributed by atoms with Crippen LogP contribution in [0.5, 0.6) is 0 Å². The van der Waals surface area contributed by atoms with Crippen molar-refractivity contribution in [2.24, 2.45) is 0 Å². The maximum atomic E-state index is 13.0. The highest BCUT2D eigenvalue weighted by atomic mass is 19.1. The molecule has 2 atom stereocenters. The van der Waals surface area contributed by atoms with Crippen LogP contribution in [0, 0.1) is 5.82 Å². The minimum absolute atomic E-state index is 0.0459. The third-order valence-electron chi connectivity index (χ3n) is 3.16. The molecule has 1 saturated heterocycles. The van der Waals surface area contributed by atoms with Gasteiger partial charge in [0.05, 0.1) is 12.7 Å². The Kier molecular flexibility index (Phi) is 5.49. The molecule has 1 aromatic carbocycles. The molecule has 0 saturated carbocycles. The lowest BCUT2D eigenvalue weighted by atomic mass is 10.2. The standard InChI is InChI=1S/C15H19FO4/c1-11(19-10-14-6-3-7-18-14)15(17)20-9-12-4-2-5-13(16)8-12/h2,4-5,8,11,14H,3,6-7,9-10H2,1H3. The summed E-state index contributed by atoms with van der Waals surface area (Å²) >= 11 is 0. The molecule has 1 heterocycles. The second-order valence-corrected chi connectivity index (χ2v) is 4.85. The molecule has 20 heavy (non-hydrogen) atoms. The van der Waals surface area contributed by atoms with Crippen molar-refractivity contribution in [3.05, 3.63) is 35.6 Å². The van der Waals surface area contributed by atoms with E-state index in [9.17, 15) is 9.18 Å². The third-order valence-corrected chi connectivity index (χ3v) is 3.16. The first-order chi connectivity index (χ1) is 9.65. The molecule has 5 heteroatoms. The number of hydrogen-bond acceptors (Lipinski definition) is 4. The summed E-state index contributed by atoms with van der Waals surface area (Å²) in [5.74, 6) is -0.798. The number of halogens is 1. The van der Waals surface area contributed by atoms with Crippen molar-refractivity contribution < 1.29 is 23.4 Å². The van der Waals surface area contributed by atoms with E-state index in [1.807, 2.05) is 0 Å². The summed E-state index contributed by atoms with van der Waals surface area (Å²) in [6.07, 6.45) is 1.43. The summed E-state index contributed by atoms with van der Waals surface area (Å²) in [5, 5.41) is 0.